The summed E-state index contributed by atoms with van der Waals surface area (Å²) in [6.45, 7) is 1.36. The molecule has 5 rings (SSSR count). The van der Waals surface area contributed by atoms with E-state index in [0.29, 0.717) is 0 Å². The molecule has 0 bridgehead atoms. The number of aromatic hydroxyl groups is 4. The number of aromatic carboxylic acids is 1. The Kier molecular flexibility index (Phi) is 4.79. The molecule has 0 fully saturated rings. The number of ketones is 2. The average molecular weight is 494 g/mol. The van der Waals surface area contributed by atoms with E-state index in [-0.39, 0.29) is 22.3 Å². The Morgan fingerprint density at radius 2 is 1.50 bits per heavy atom. The molecule has 0 amide bonds. The van der Waals surface area contributed by atoms with Crippen molar-refractivity contribution in [2.24, 2.45) is 0 Å². The van der Waals surface area contributed by atoms with Crippen LogP contribution in [0.2, 0.25) is 0 Å². The number of carbonyl (C=O) groups excluding carboxylic acids is 2. The largest absolute Gasteiger partial charge is 0.508 e. The number of aliphatic hydroxyl groups excluding tert-OH is 2. The van der Waals surface area contributed by atoms with Gasteiger partial charge in [0.2, 0.25) is 5.78 Å². The second-order valence-electron chi connectivity index (χ2n) is 8.54. The van der Waals surface area contributed by atoms with Crippen LogP contribution in [0.15, 0.2) is 18.2 Å². The van der Waals surface area contributed by atoms with E-state index in [1.165, 1.54) is 13.0 Å². The van der Waals surface area contributed by atoms with Crippen molar-refractivity contribution in [2.75, 3.05) is 7.11 Å². The Hall–Kier alpha value is -4.61. The fourth-order valence-corrected chi connectivity index (χ4v) is 5.13. The van der Waals surface area contributed by atoms with Gasteiger partial charge in [0.15, 0.2) is 5.78 Å². The molecule has 0 aliphatic heterocycles. The van der Waals surface area contributed by atoms with Crippen LogP contribution in [-0.2, 0) is 0 Å². The van der Waals surface area contributed by atoms with Crippen molar-refractivity contribution in [3.63, 3.8) is 0 Å². The number of phenols is 4. The molecule has 11 nitrogen and oxygen atoms in total. The second-order valence-corrected chi connectivity index (χ2v) is 8.54. The highest BCUT2D eigenvalue weighted by Crippen LogP contribution is 2.58. The van der Waals surface area contributed by atoms with Crippen LogP contribution in [0, 0.1) is 6.92 Å². The molecule has 0 radical (unpaired) electrons. The highest BCUT2D eigenvalue weighted by atomic mass is 16.5. The molecular weight excluding hydrogens is 476 g/mol. The molecule has 11 heteroatoms. The normalized spacial score (nSPS) is 17.7. The number of aryl methyl sites for hydroxylation is 1. The molecular formula is C25H18O11. The molecule has 2 aliphatic rings. The monoisotopic (exact) mass is 494 g/mol. The van der Waals surface area contributed by atoms with Gasteiger partial charge in [0.25, 0.3) is 0 Å². The maximum Gasteiger partial charge on any atom is 0.339 e. The lowest BCUT2D eigenvalue weighted by atomic mass is 9.73. The first-order valence-electron chi connectivity index (χ1n) is 10.5. The first kappa shape index (κ1) is 23.1. The summed E-state index contributed by atoms with van der Waals surface area (Å²) in [4.78, 5) is 38.7. The van der Waals surface area contributed by atoms with E-state index in [1.54, 1.807) is 0 Å². The van der Waals surface area contributed by atoms with Crippen LogP contribution in [0.5, 0.6) is 28.7 Å². The molecule has 0 spiro atoms. The molecule has 36 heavy (non-hydrogen) atoms. The van der Waals surface area contributed by atoms with Gasteiger partial charge in [-0.1, -0.05) is 6.07 Å². The number of hydrogen-bond acceptors (Lipinski definition) is 10. The van der Waals surface area contributed by atoms with E-state index in [2.05, 4.69) is 0 Å². The topological polar surface area (TPSA) is 202 Å². The van der Waals surface area contributed by atoms with Gasteiger partial charge in [0.05, 0.1) is 23.8 Å². The summed E-state index contributed by atoms with van der Waals surface area (Å²) in [6.07, 6.45) is -3.57. The van der Waals surface area contributed by atoms with Crippen LogP contribution in [0.1, 0.15) is 71.1 Å². The zero-order valence-corrected chi connectivity index (χ0v) is 18.7. The van der Waals surface area contributed by atoms with Crippen LogP contribution in [0.4, 0.5) is 0 Å². The summed E-state index contributed by atoms with van der Waals surface area (Å²) in [6, 6.07) is 3.00. The van der Waals surface area contributed by atoms with Gasteiger partial charge in [-0.2, -0.15) is 0 Å². The lowest BCUT2D eigenvalue weighted by Gasteiger charge is -2.34. The van der Waals surface area contributed by atoms with Gasteiger partial charge in [-0.25, -0.2) is 4.79 Å². The van der Waals surface area contributed by atoms with Crippen molar-refractivity contribution in [1.29, 1.82) is 0 Å². The highest BCUT2D eigenvalue weighted by Gasteiger charge is 2.46. The Morgan fingerprint density at radius 3 is 2.11 bits per heavy atom. The van der Waals surface area contributed by atoms with E-state index < -0.39 is 91.9 Å². The Balaban J connectivity index is 1.97. The molecule has 7 N–H and O–H groups in total. The summed E-state index contributed by atoms with van der Waals surface area (Å²) in [7, 11) is 1.10. The van der Waals surface area contributed by atoms with Crippen molar-refractivity contribution < 1.29 is 54.9 Å². The summed E-state index contributed by atoms with van der Waals surface area (Å²) < 4.78 is 5.35. The van der Waals surface area contributed by atoms with Gasteiger partial charge in [0, 0.05) is 28.3 Å². The number of rotatable bonds is 2. The fraction of sp³-hybridized carbons (Fsp3) is 0.160. The van der Waals surface area contributed by atoms with Gasteiger partial charge >= 0.3 is 5.97 Å². The predicted molar refractivity (Wildman–Crippen MR) is 120 cm³/mol. The van der Waals surface area contributed by atoms with Crippen LogP contribution < -0.4 is 4.74 Å². The number of hydrogen-bond donors (Lipinski definition) is 7. The van der Waals surface area contributed by atoms with Crippen molar-refractivity contribution >= 4 is 17.5 Å². The fourth-order valence-electron chi connectivity index (χ4n) is 5.13. The van der Waals surface area contributed by atoms with E-state index in [4.69, 9.17) is 4.74 Å². The summed E-state index contributed by atoms with van der Waals surface area (Å²) in [5, 5.41) is 73.9. The molecule has 3 aromatic carbocycles. The molecule has 0 aromatic heterocycles. The first-order chi connectivity index (χ1) is 16.9. The third kappa shape index (κ3) is 2.72. The highest BCUT2D eigenvalue weighted by molar-refractivity contribution is 6.32. The number of aliphatic hydroxyl groups is 2. The van der Waals surface area contributed by atoms with Crippen molar-refractivity contribution in [3.8, 4) is 39.9 Å². The van der Waals surface area contributed by atoms with Gasteiger partial charge in [-0.15, -0.1) is 0 Å². The van der Waals surface area contributed by atoms with Crippen molar-refractivity contribution in [2.45, 2.75) is 19.1 Å². The first-order valence-corrected chi connectivity index (χ1v) is 10.5. The third-order valence-electron chi connectivity index (χ3n) is 6.60. The van der Waals surface area contributed by atoms with Gasteiger partial charge in [-0.3, -0.25) is 9.59 Å². The van der Waals surface area contributed by atoms with E-state index in [0.717, 1.165) is 19.2 Å². The number of carboxylic acids is 1. The van der Waals surface area contributed by atoms with Crippen molar-refractivity contribution in [3.05, 3.63) is 62.7 Å². The minimum atomic E-state index is -1.83. The Labute approximate surface area is 201 Å². The number of fused-ring (bicyclic) bond motifs is 5. The Morgan fingerprint density at radius 1 is 0.833 bits per heavy atom. The quantitative estimate of drug-likeness (QED) is 0.215. The standard InChI is InChI=1S/C25H18O11/c1-6-3-8-13(20(30)11(6)25(34)35)14-16(23(33)19(8)29)24(36-2)17-15(22(14)32)18(28)9-4-7(26)5-10(27)12(9)21(17)31/h3-5,19,23,26-27,29-30,32-33H,1-2H3,(H,34,35)/t19-,23+/m0/s1. The van der Waals surface area contributed by atoms with Crippen LogP contribution in [0.25, 0.3) is 11.1 Å². The number of carbonyl (C=O) groups is 3. The average Bonchev–Trinajstić information content (AvgIpc) is 2.79. The number of carboxylic acid groups (broad SMARTS) is 1. The summed E-state index contributed by atoms with van der Waals surface area (Å²) in [5.41, 5.74) is -3.78. The van der Waals surface area contributed by atoms with Crippen LogP contribution in [0.3, 0.4) is 0 Å². The van der Waals surface area contributed by atoms with Crippen LogP contribution in [-0.4, -0.2) is 60.4 Å². The summed E-state index contributed by atoms with van der Waals surface area (Å²) >= 11 is 0. The van der Waals surface area contributed by atoms with E-state index >= 15 is 0 Å². The molecule has 0 heterocycles. The van der Waals surface area contributed by atoms with Crippen LogP contribution >= 0.6 is 0 Å². The number of benzene rings is 3. The minimum absolute atomic E-state index is 0.0593. The molecule has 2 aliphatic carbocycles. The predicted octanol–water partition coefficient (Wildman–Crippen LogP) is 2.05. The van der Waals surface area contributed by atoms with Crippen molar-refractivity contribution in [1.82, 2.24) is 0 Å². The lowest BCUT2D eigenvalue weighted by Crippen LogP contribution is -2.26. The maximum absolute atomic E-state index is 13.4. The minimum Gasteiger partial charge on any atom is -0.508 e. The Bertz CT molecular complexity index is 1570. The lowest BCUT2D eigenvalue weighted by molar-refractivity contribution is 0.0139. The van der Waals surface area contributed by atoms with Gasteiger partial charge < -0.3 is 40.5 Å². The summed E-state index contributed by atoms with van der Waals surface area (Å²) in [5.74, 6) is -6.87. The zero-order chi connectivity index (χ0) is 26.4. The molecule has 0 unspecified atom stereocenters. The molecule has 0 saturated heterocycles. The number of phenolic OH excluding ortho intramolecular Hbond substituents is 3. The zero-order valence-electron chi connectivity index (χ0n) is 18.7. The number of methoxy groups -OCH3 is 1. The van der Waals surface area contributed by atoms with Gasteiger partial charge in [-0.05, 0) is 24.1 Å². The smallest absolute Gasteiger partial charge is 0.339 e. The van der Waals surface area contributed by atoms with E-state index in [1.807, 2.05) is 0 Å². The second kappa shape index (κ2) is 7.44. The third-order valence-corrected chi connectivity index (χ3v) is 6.60. The SMILES string of the molecule is COc1c2c(c(O)c3c1[C@@H](O)[C@@H](O)c1cc(C)c(C(=O)O)c(O)c1-3)C(=O)c1cc(O)cc(O)c1C2=O. The maximum atomic E-state index is 13.4. The molecule has 184 valence electrons. The molecule has 0 saturated carbocycles. The van der Waals surface area contributed by atoms with Gasteiger partial charge in [0.1, 0.15) is 46.5 Å². The number of ether oxygens (including phenoxy) is 1. The molecule has 2 atom stereocenters. The molecule has 3 aromatic rings. The van der Waals surface area contributed by atoms with E-state index in [9.17, 15) is 50.1 Å².